The van der Waals surface area contributed by atoms with Crippen LogP contribution in [0.1, 0.15) is 0 Å². The molecule has 0 fully saturated rings. The van der Waals surface area contributed by atoms with Gasteiger partial charge in [-0.1, -0.05) is 23.7 Å². The summed E-state index contributed by atoms with van der Waals surface area (Å²) >= 11 is 5.64. The molecule has 0 aliphatic carbocycles. The quantitative estimate of drug-likeness (QED) is 0.894. The van der Waals surface area contributed by atoms with Crippen LogP contribution >= 0.6 is 11.6 Å². The third kappa shape index (κ3) is 3.39. The number of nitrogens with one attached hydrogen (secondary N) is 2. The fourth-order valence-corrected chi connectivity index (χ4v) is 1.79. The number of benzene rings is 2. The van der Waals surface area contributed by atoms with Crippen LogP contribution in [0.5, 0.6) is 5.75 Å². The Morgan fingerprint density at radius 2 is 1.95 bits per heavy atom. The van der Waals surface area contributed by atoms with Crippen LogP contribution in [0.2, 0.25) is 5.02 Å². The molecule has 0 heterocycles. The van der Waals surface area contributed by atoms with E-state index in [4.69, 9.17) is 16.3 Å². The fourth-order valence-electron chi connectivity index (χ4n) is 1.61. The monoisotopic (exact) mass is 294 g/mol. The second-order valence-electron chi connectivity index (χ2n) is 3.91. The van der Waals surface area contributed by atoms with Crippen molar-refractivity contribution in [3.05, 3.63) is 53.3 Å². The zero-order valence-corrected chi connectivity index (χ0v) is 11.4. The summed E-state index contributed by atoms with van der Waals surface area (Å²) in [6.45, 7) is 0. The van der Waals surface area contributed by atoms with Gasteiger partial charge in [0, 0.05) is 5.69 Å². The molecule has 0 atom stereocenters. The van der Waals surface area contributed by atoms with E-state index in [2.05, 4.69) is 10.6 Å². The van der Waals surface area contributed by atoms with E-state index in [1.54, 1.807) is 24.3 Å². The second kappa shape index (κ2) is 6.25. The minimum atomic E-state index is -0.539. The number of carbonyl (C=O) groups is 1. The number of hydrogen-bond donors (Lipinski definition) is 2. The molecule has 2 rings (SSSR count). The van der Waals surface area contributed by atoms with Gasteiger partial charge in [0.15, 0.2) is 0 Å². The third-order valence-corrected chi connectivity index (χ3v) is 2.82. The topological polar surface area (TPSA) is 50.4 Å². The molecular weight excluding hydrogens is 283 g/mol. The van der Waals surface area contributed by atoms with E-state index < -0.39 is 11.8 Å². The molecule has 2 aromatic carbocycles. The van der Waals surface area contributed by atoms with Crippen LogP contribution in [-0.4, -0.2) is 13.1 Å². The number of methoxy groups -OCH3 is 1. The van der Waals surface area contributed by atoms with Crippen LogP contribution in [0.15, 0.2) is 42.5 Å². The number of para-hydroxylation sites is 2. The molecule has 0 aliphatic heterocycles. The Balaban J connectivity index is 2.07. The van der Waals surface area contributed by atoms with Gasteiger partial charge in [0.2, 0.25) is 0 Å². The molecule has 0 aliphatic rings. The molecule has 2 amide bonds. The number of halogens is 2. The van der Waals surface area contributed by atoms with Crippen molar-refractivity contribution < 1.29 is 13.9 Å². The lowest BCUT2D eigenvalue weighted by Gasteiger charge is -2.11. The average Bonchev–Trinajstić information content (AvgIpc) is 2.43. The predicted octanol–water partition coefficient (Wildman–Crippen LogP) is 4.13. The first-order valence-electron chi connectivity index (χ1n) is 5.76. The van der Waals surface area contributed by atoms with Crippen LogP contribution in [0.4, 0.5) is 20.6 Å². The molecule has 2 aromatic rings. The van der Waals surface area contributed by atoms with Gasteiger partial charge in [0.25, 0.3) is 0 Å². The van der Waals surface area contributed by atoms with Crippen molar-refractivity contribution in [2.75, 3.05) is 17.7 Å². The van der Waals surface area contributed by atoms with Crippen molar-refractivity contribution in [1.29, 1.82) is 0 Å². The molecule has 104 valence electrons. The molecule has 0 radical (unpaired) electrons. The first-order chi connectivity index (χ1) is 9.60. The Morgan fingerprint density at radius 1 is 1.20 bits per heavy atom. The van der Waals surface area contributed by atoms with Gasteiger partial charge < -0.3 is 15.4 Å². The van der Waals surface area contributed by atoms with E-state index >= 15 is 0 Å². The van der Waals surface area contributed by atoms with Crippen molar-refractivity contribution in [3.63, 3.8) is 0 Å². The van der Waals surface area contributed by atoms with E-state index in [9.17, 15) is 9.18 Å². The van der Waals surface area contributed by atoms with Gasteiger partial charge in [-0.3, -0.25) is 0 Å². The molecule has 6 heteroatoms. The number of amides is 2. The zero-order valence-electron chi connectivity index (χ0n) is 10.6. The van der Waals surface area contributed by atoms with Gasteiger partial charge >= 0.3 is 6.03 Å². The minimum absolute atomic E-state index is 0.0555. The number of hydrogen-bond acceptors (Lipinski definition) is 2. The lowest BCUT2D eigenvalue weighted by molar-refractivity contribution is 0.262. The lowest BCUT2D eigenvalue weighted by Crippen LogP contribution is -2.19. The lowest BCUT2D eigenvalue weighted by atomic mass is 10.3. The van der Waals surface area contributed by atoms with Crippen LogP contribution in [0.3, 0.4) is 0 Å². The summed E-state index contributed by atoms with van der Waals surface area (Å²) in [6.07, 6.45) is 0. The highest BCUT2D eigenvalue weighted by molar-refractivity contribution is 6.31. The van der Waals surface area contributed by atoms with Gasteiger partial charge in [-0.2, -0.15) is 0 Å². The van der Waals surface area contributed by atoms with Crippen molar-refractivity contribution >= 4 is 29.0 Å². The smallest absolute Gasteiger partial charge is 0.323 e. The molecule has 0 saturated heterocycles. The highest BCUT2D eigenvalue weighted by atomic mass is 35.5. The van der Waals surface area contributed by atoms with Crippen LogP contribution in [0, 0.1) is 5.82 Å². The highest BCUT2D eigenvalue weighted by Gasteiger charge is 2.08. The summed E-state index contributed by atoms with van der Waals surface area (Å²) in [5.41, 5.74) is 0.921. The maximum Gasteiger partial charge on any atom is 0.323 e. The van der Waals surface area contributed by atoms with Gasteiger partial charge in [-0.15, -0.1) is 0 Å². The molecule has 0 unspecified atom stereocenters. The number of urea groups is 1. The van der Waals surface area contributed by atoms with Gasteiger partial charge in [-0.05, 0) is 30.3 Å². The fraction of sp³-hybridized carbons (Fsp3) is 0.0714. The molecule has 0 bridgehead atoms. The Hall–Kier alpha value is -2.27. The standard InChI is InChI=1S/C14H12ClFN2O2/c1-20-13-5-3-2-4-12(13)18-14(19)17-9-6-7-11(16)10(15)8-9/h2-8H,1H3,(H2,17,18,19). The van der Waals surface area contributed by atoms with Crippen LogP contribution in [-0.2, 0) is 0 Å². The molecule has 20 heavy (non-hydrogen) atoms. The van der Waals surface area contributed by atoms with Gasteiger partial charge in [0.1, 0.15) is 11.6 Å². The van der Waals surface area contributed by atoms with Crippen LogP contribution in [0.25, 0.3) is 0 Å². The third-order valence-electron chi connectivity index (χ3n) is 2.53. The van der Waals surface area contributed by atoms with Crippen molar-refractivity contribution in [3.8, 4) is 5.75 Å². The first-order valence-corrected chi connectivity index (χ1v) is 6.14. The van der Waals surface area contributed by atoms with E-state index in [0.29, 0.717) is 17.1 Å². The number of carbonyl (C=O) groups excluding carboxylic acids is 1. The van der Waals surface area contributed by atoms with Gasteiger partial charge in [-0.25, -0.2) is 9.18 Å². The normalized spacial score (nSPS) is 9.95. The maximum absolute atomic E-state index is 13.0. The number of anilines is 2. The van der Waals surface area contributed by atoms with E-state index in [0.717, 1.165) is 0 Å². The SMILES string of the molecule is COc1ccccc1NC(=O)Nc1ccc(F)c(Cl)c1. The number of rotatable bonds is 3. The molecule has 0 aromatic heterocycles. The minimum Gasteiger partial charge on any atom is -0.495 e. The highest BCUT2D eigenvalue weighted by Crippen LogP contribution is 2.24. The Labute approximate surface area is 120 Å². The van der Waals surface area contributed by atoms with E-state index in [1.807, 2.05) is 0 Å². The second-order valence-corrected chi connectivity index (χ2v) is 4.32. The van der Waals surface area contributed by atoms with Crippen LogP contribution < -0.4 is 15.4 Å². The average molecular weight is 295 g/mol. The first kappa shape index (κ1) is 14.1. The Morgan fingerprint density at radius 3 is 2.65 bits per heavy atom. The largest absolute Gasteiger partial charge is 0.495 e. The summed E-state index contributed by atoms with van der Waals surface area (Å²) in [5, 5.41) is 5.13. The molecule has 0 saturated carbocycles. The molecule has 0 spiro atoms. The van der Waals surface area contributed by atoms with Crippen molar-refractivity contribution in [2.24, 2.45) is 0 Å². The van der Waals surface area contributed by atoms with Crippen molar-refractivity contribution in [1.82, 2.24) is 0 Å². The predicted molar refractivity (Wildman–Crippen MR) is 77.0 cm³/mol. The maximum atomic E-state index is 13.0. The molecular formula is C14H12ClFN2O2. The van der Waals surface area contributed by atoms with Crippen molar-refractivity contribution in [2.45, 2.75) is 0 Å². The summed E-state index contributed by atoms with van der Waals surface area (Å²) in [4.78, 5) is 11.8. The number of ether oxygens (including phenoxy) is 1. The van der Waals surface area contributed by atoms with Gasteiger partial charge in [0.05, 0.1) is 17.8 Å². The zero-order chi connectivity index (χ0) is 14.5. The summed E-state index contributed by atoms with van der Waals surface area (Å²) in [6, 6.07) is 10.5. The summed E-state index contributed by atoms with van der Waals surface area (Å²) in [5.74, 6) is 0.00198. The summed E-state index contributed by atoms with van der Waals surface area (Å²) < 4.78 is 18.1. The van der Waals surface area contributed by atoms with E-state index in [1.165, 1.54) is 25.3 Å². The summed E-state index contributed by atoms with van der Waals surface area (Å²) in [7, 11) is 1.51. The molecule has 2 N–H and O–H groups in total. The molecule has 4 nitrogen and oxygen atoms in total. The van der Waals surface area contributed by atoms with E-state index in [-0.39, 0.29) is 5.02 Å². The Bertz CT molecular complexity index is 634. The Kier molecular flexibility index (Phi) is 4.42.